The molecule has 1 aliphatic heterocycles. The van der Waals surface area contributed by atoms with Gasteiger partial charge in [-0.2, -0.15) is 0 Å². The van der Waals surface area contributed by atoms with Gasteiger partial charge < -0.3 is 18.9 Å². The largest absolute Gasteiger partial charge is 0.463 e. The second-order valence-corrected chi connectivity index (χ2v) is 4.92. The number of esters is 2. The Morgan fingerprint density at radius 2 is 2.06 bits per heavy atom. The first-order chi connectivity index (χ1) is 8.43. The second kappa shape index (κ2) is 7.05. The van der Waals surface area contributed by atoms with E-state index in [1.165, 1.54) is 21.0 Å². The van der Waals surface area contributed by atoms with Crippen LogP contribution in [0, 0.1) is 0 Å². The third-order valence-corrected chi connectivity index (χ3v) is 3.05. The summed E-state index contributed by atoms with van der Waals surface area (Å²) in [5.41, 5.74) is 0. The van der Waals surface area contributed by atoms with Crippen molar-refractivity contribution in [3.05, 3.63) is 9.66 Å². The van der Waals surface area contributed by atoms with Gasteiger partial charge >= 0.3 is 11.9 Å². The fourth-order valence-electron chi connectivity index (χ4n) is 1.45. The minimum absolute atomic E-state index is 0.00750. The van der Waals surface area contributed by atoms with Crippen molar-refractivity contribution in [2.45, 2.75) is 32.3 Å². The van der Waals surface area contributed by atoms with Crippen molar-refractivity contribution in [1.82, 2.24) is 0 Å². The van der Waals surface area contributed by atoms with Gasteiger partial charge in [0.2, 0.25) is 0 Å². The summed E-state index contributed by atoms with van der Waals surface area (Å²) in [6.07, 6.45) is 0.0488. The molecule has 7 heteroatoms. The van der Waals surface area contributed by atoms with Gasteiger partial charge in [0.25, 0.3) is 0 Å². The molecule has 0 bridgehead atoms. The Balaban J connectivity index is 2.75. The molecule has 102 valence electrons. The number of ether oxygens (including phenoxy) is 4. The van der Waals surface area contributed by atoms with Crippen LogP contribution in [0.1, 0.15) is 13.8 Å². The molecule has 0 amide bonds. The molecule has 0 fully saturated rings. The molecule has 1 rings (SSSR count). The number of halogens is 1. The maximum absolute atomic E-state index is 11.0. The quantitative estimate of drug-likeness (QED) is 0.547. The van der Waals surface area contributed by atoms with Gasteiger partial charge in [0, 0.05) is 24.5 Å². The van der Waals surface area contributed by atoms with Gasteiger partial charge in [-0.05, 0) is 28.7 Å². The smallest absolute Gasteiger partial charge is 0.303 e. The van der Waals surface area contributed by atoms with E-state index in [0.29, 0.717) is 0 Å². The Hall–Kier alpha value is -0.670. The molecule has 0 aromatic carbocycles. The van der Waals surface area contributed by atoms with E-state index in [1.807, 2.05) is 22.6 Å². The van der Waals surface area contributed by atoms with Gasteiger partial charge in [-0.25, -0.2) is 0 Å². The maximum atomic E-state index is 11.0. The van der Waals surface area contributed by atoms with Crippen LogP contribution in [0.25, 0.3) is 0 Å². The average molecular weight is 370 g/mol. The van der Waals surface area contributed by atoms with Crippen molar-refractivity contribution in [1.29, 1.82) is 0 Å². The Morgan fingerprint density at radius 3 is 2.56 bits per heavy atom. The molecule has 1 unspecified atom stereocenters. The zero-order chi connectivity index (χ0) is 13.7. The molecule has 18 heavy (non-hydrogen) atoms. The normalized spacial score (nSPS) is 27.3. The minimum Gasteiger partial charge on any atom is -0.463 e. The number of carbonyl (C=O) groups is 2. The van der Waals surface area contributed by atoms with E-state index in [0.717, 1.165) is 3.58 Å². The second-order valence-electron chi connectivity index (χ2n) is 3.67. The highest BCUT2D eigenvalue weighted by molar-refractivity contribution is 14.1. The molecule has 0 aromatic heterocycles. The lowest BCUT2D eigenvalue weighted by molar-refractivity contribution is -0.190. The van der Waals surface area contributed by atoms with Crippen molar-refractivity contribution in [3.8, 4) is 0 Å². The summed E-state index contributed by atoms with van der Waals surface area (Å²) >= 11 is 2.04. The monoisotopic (exact) mass is 370 g/mol. The summed E-state index contributed by atoms with van der Waals surface area (Å²) < 4.78 is 21.4. The molecule has 0 N–H and O–H groups in total. The number of hydrogen-bond donors (Lipinski definition) is 0. The lowest BCUT2D eigenvalue weighted by Gasteiger charge is -2.32. The molecule has 0 aliphatic carbocycles. The van der Waals surface area contributed by atoms with Crippen LogP contribution in [-0.4, -0.2) is 44.2 Å². The Morgan fingerprint density at radius 1 is 1.39 bits per heavy atom. The highest BCUT2D eigenvalue weighted by Gasteiger charge is 2.33. The third kappa shape index (κ3) is 4.54. The summed E-state index contributed by atoms with van der Waals surface area (Å²) in [6, 6.07) is 0. The SMILES string of the molecule is COC1O[C@H](COC(C)=O)[C@H](OC(C)=O)C=C1I. The predicted molar refractivity (Wildman–Crippen MR) is 70.0 cm³/mol. The summed E-state index contributed by atoms with van der Waals surface area (Å²) in [5, 5.41) is 0. The minimum atomic E-state index is -0.583. The van der Waals surface area contributed by atoms with Crippen LogP contribution in [-0.2, 0) is 28.5 Å². The number of rotatable bonds is 4. The first-order valence-electron chi connectivity index (χ1n) is 5.30. The third-order valence-electron chi connectivity index (χ3n) is 2.18. The van der Waals surface area contributed by atoms with Crippen LogP contribution in [0.5, 0.6) is 0 Å². The van der Waals surface area contributed by atoms with E-state index in [4.69, 9.17) is 18.9 Å². The van der Waals surface area contributed by atoms with Gasteiger partial charge in [-0.3, -0.25) is 9.59 Å². The summed E-state index contributed by atoms with van der Waals surface area (Å²) in [4.78, 5) is 21.8. The van der Waals surface area contributed by atoms with Crippen LogP contribution < -0.4 is 0 Å². The molecule has 0 saturated carbocycles. The van der Waals surface area contributed by atoms with Crippen LogP contribution >= 0.6 is 22.6 Å². The van der Waals surface area contributed by atoms with Gasteiger partial charge in [0.1, 0.15) is 12.7 Å². The Bertz CT molecular complexity index is 353. The van der Waals surface area contributed by atoms with E-state index in [-0.39, 0.29) is 6.61 Å². The van der Waals surface area contributed by atoms with Crippen molar-refractivity contribution in [2.24, 2.45) is 0 Å². The van der Waals surface area contributed by atoms with Crippen LogP contribution in [0.3, 0.4) is 0 Å². The Kier molecular flexibility index (Phi) is 6.03. The molecule has 0 saturated heterocycles. The lowest BCUT2D eigenvalue weighted by Crippen LogP contribution is -2.43. The van der Waals surface area contributed by atoms with Crippen LogP contribution in [0.4, 0.5) is 0 Å². The summed E-state index contributed by atoms with van der Waals surface area (Å²) in [5.74, 6) is -0.842. The molecule has 3 atom stereocenters. The summed E-state index contributed by atoms with van der Waals surface area (Å²) in [7, 11) is 1.51. The van der Waals surface area contributed by atoms with Gasteiger partial charge in [0.15, 0.2) is 12.4 Å². The first-order valence-corrected chi connectivity index (χ1v) is 6.38. The van der Waals surface area contributed by atoms with Crippen molar-refractivity contribution in [3.63, 3.8) is 0 Å². The van der Waals surface area contributed by atoms with Gasteiger partial charge in [-0.1, -0.05) is 0 Å². The zero-order valence-corrected chi connectivity index (χ0v) is 12.5. The standard InChI is InChI=1S/C11H15IO6/c1-6(13)16-5-10-9(17-7(2)14)4-8(12)11(15-3)18-10/h4,9-11H,5H2,1-3H3/t9-,10-,11?/m1/s1. The highest BCUT2D eigenvalue weighted by Crippen LogP contribution is 2.27. The average Bonchev–Trinajstić information content (AvgIpc) is 2.27. The number of methoxy groups -OCH3 is 1. The van der Waals surface area contributed by atoms with E-state index < -0.39 is 30.4 Å². The zero-order valence-electron chi connectivity index (χ0n) is 10.3. The molecule has 0 radical (unpaired) electrons. The van der Waals surface area contributed by atoms with Crippen LogP contribution in [0.2, 0.25) is 0 Å². The van der Waals surface area contributed by atoms with E-state index in [2.05, 4.69) is 0 Å². The molecule has 6 nitrogen and oxygen atoms in total. The Labute approximate surface area is 119 Å². The van der Waals surface area contributed by atoms with Crippen molar-refractivity contribution in [2.75, 3.05) is 13.7 Å². The fourth-order valence-corrected chi connectivity index (χ4v) is 2.20. The summed E-state index contributed by atoms with van der Waals surface area (Å²) in [6.45, 7) is 2.62. The number of hydrogen-bond acceptors (Lipinski definition) is 6. The molecular weight excluding hydrogens is 355 g/mol. The van der Waals surface area contributed by atoms with Crippen LogP contribution in [0.15, 0.2) is 9.66 Å². The topological polar surface area (TPSA) is 71.1 Å². The van der Waals surface area contributed by atoms with E-state index in [1.54, 1.807) is 6.08 Å². The van der Waals surface area contributed by atoms with E-state index >= 15 is 0 Å². The highest BCUT2D eigenvalue weighted by atomic mass is 127. The molecule has 1 aliphatic rings. The van der Waals surface area contributed by atoms with Crippen molar-refractivity contribution < 1.29 is 28.5 Å². The predicted octanol–water partition coefficient (Wildman–Crippen LogP) is 1.17. The molecule has 1 heterocycles. The van der Waals surface area contributed by atoms with Crippen molar-refractivity contribution >= 4 is 34.5 Å². The van der Waals surface area contributed by atoms with Gasteiger partial charge in [0.05, 0.1) is 0 Å². The van der Waals surface area contributed by atoms with Gasteiger partial charge in [-0.15, -0.1) is 0 Å². The molecule has 0 spiro atoms. The maximum Gasteiger partial charge on any atom is 0.303 e. The first kappa shape index (κ1) is 15.4. The lowest BCUT2D eigenvalue weighted by atomic mass is 10.1. The fraction of sp³-hybridized carbons (Fsp3) is 0.636. The molecular formula is C11H15IO6. The molecule has 0 aromatic rings. The number of carbonyl (C=O) groups excluding carboxylic acids is 2. The van der Waals surface area contributed by atoms with E-state index in [9.17, 15) is 9.59 Å².